The van der Waals surface area contributed by atoms with Gasteiger partial charge in [0.2, 0.25) is 0 Å². The maximum Gasteiger partial charge on any atom is 0.0731 e. The lowest BCUT2D eigenvalue weighted by molar-refractivity contribution is 0.209. The second-order valence-corrected chi connectivity index (χ2v) is 11.6. The molecule has 2 heterocycles. The zero-order valence-electron chi connectivity index (χ0n) is 23.1. The van der Waals surface area contributed by atoms with Crippen LogP contribution in [0.25, 0.3) is 27.9 Å². The van der Waals surface area contributed by atoms with Crippen molar-refractivity contribution >= 4 is 28.2 Å². The minimum Gasteiger partial charge on any atom is -0.372 e. The van der Waals surface area contributed by atoms with Gasteiger partial charge >= 0.3 is 0 Å². The van der Waals surface area contributed by atoms with Crippen LogP contribution in [-0.4, -0.2) is 66.5 Å². The third-order valence-corrected chi connectivity index (χ3v) is 7.73. The van der Waals surface area contributed by atoms with E-state index in [0.717, 1.165) is 84.0 Å². The number of halogens is 1. The zero-order chi connectivity index (χ0) is 26.7. The van der Waals surface area contributed by atoms with E-state index < -0.39 is 0 Å². The van der Waals surface area contributed by atoms with Crippen molar-refractivity contribution in [2.75, 3.05) is 46.8 Å². The van der Waals surface area contributed by atoms with E-state index in [0.29, 0.717) is 0 Å². The summed E-state index contributed by atoms with van der Waals surface area (Å²) in [5.74, 6) is 0. The number of hydrogen-bond acceptors (Lipinski definition) is 4. The first kappa shape index (κ1) is 27.2. The fourth-order valence-electron chi connectivity index (χ4n) is 5.41. The van der Waals surface area contributed by atoms with Crippen molar-refractivity contribution in [3.05, 3.63) is 83.5 Å². The molecule has 0 aliphatic carbocycles. The Morgan fingerprint density at radius 1 is 0.973 bits per heavy atom. The number of likely N-dealkylation sites (N-methyl/N-ethyl adjacent to an activating group) is 1. The molecule has 0 bridgehead atoms. The molecule has 0 N–H and O–H groups in total. The Hall–Kier alpha value is -2.82. The molecule has 1 fully saturated rings. The average Bonchev–Trinajstić information content (AvgIpc) is 2.87. The van der Waals surface area contributed by atoms with E-state index in [1.54, 1.807) is 0 Å². The maximum atomic E-state index is 6.73. The molecule has 4 rings (SSSR count). The van der Waals surface area contributed by atoms with Crippen molar-refractivity contribution in [2.45, 2.75) is 39.0 Å². The topological polar surface area (TPSA) is 22.6 Å². The van der Waals surface area contributed by atoms with Crippen LogP contribution >= 0.6 is 11.6 Å². The highest BCUT2D eigenvalue weighted by molar-refractivity contribution is 6.35. The first-order valence-corrected chi connectivity index (χ1v) is 13.7. The van der Waals surface area contributed by atoms with Gasteiger partial charge in [-0.2, -0.15) is 0 Å². The van der Waals surface area contributed by atoms with Gasteiger partial charge in [0.05, 0.1) is 16.2 Å². The summed E-state index contributed by atoms with van der Waals surface area (Å²) in [5, 5.41) is 1.68. The SMILES string of the molecule is C=C(CCC)N1CCN(C(=C)c2ccc3c(Cl)cc(-c4ccc(C(C)(C)CN(C)C)cc4)nc3c2)CC1. The third kappa shape index (κ3) is 6.19. The monoisotopic (exact) mass is 516 g/mol. The highest BCUT2D eigenvalue weighted by atomic mass is 35.5. The summed E-state index contributed by atoms with van der Waals surface area (Å²) in [5.41, 5.74) is 7.62. The molecule has 0 amide bonds. The quantitative estimate of drug-likeness (QED) is 0.297. The molecular formula is C32H41ClN4. The Kier molecular flexibility index (Phi) is 8.30. The number of rotatable bonds is 9. The van der Waals surface area contributed by atoms with Gasteiger partial charge in [0, 0.05) is 60.5 Å². The predicted octanol–water partition coefficient (Wildman–Crippen LogP) is 7.30. The summed E-state index contributed by atoms with van der Waals surface area (Å²) in [6.45, 7) is 20.3. The molecular weight excluding hydrogens is 476 g/mol. The molecule has 37 heavy (non-hydrogen) atoms. The number of nitrogens with zero attached hydrogens (tertiary/aromatic N) is 4. The normalized spacial score (nSPS) is 14.5. The molecule has 4 nitrogen and oxygen atoms in total. The van der Waals surface area contributed by atoms with Crippen LogP contribution in [0.15, 0.2) is 67.4 Å². The standard InChI is InChI=1S/C32H41ClN4/c1-8-9-23(2)36-16-18-37(19-17-36)24(3)26-12-15-28-29(33)21-30(34-31(28)20-26)25-10-13-27(14-11-25)32(4,5)22-35(6)7/h10-15,20-21H,2-3,8-9,16-19,22H2,1,4-7H3. The third-order valence-electron chi connectivity index (χ3n) is 7.41. The van der Waals surface area contributed by atoms with E-state index in [1.807, 2.05) is 6.07 Å². The fourth-order valence-corrected chi connectivity index (χ4v) is 5.67. The van der Waals surface area contributed by atoms with Crippen LogP contribution in [0, 0.1) is 0 Å². The Morgan fingerprint density at radius 3 is 2.24 bits per heavy atom. The van der Waals surface area contributed by atoms with E-state index in [4.69, 9.17) is 16.6 Å². The number of benzene rings is 2. The molecule has 1 aliphatic rings. The number of fused-ring (bicyclic) bond motifs is 1. The van der Waals surface area contributed by atoms with Crippen molar-refractivity contribution < 1.29 is 0 Å². The highest BCUT2D eigenvalue weighted by Crippen LogP contribution is 2.32. The van der Waals surface area contributed by atoms with Crippen LogP contribution in [0.2, 0.25) is 5.02 Å². The van der Waals surface area contributed by atoms with Crippen LogP contribution in [-0.2, 0) is 5.41 Å². The number of aromatic nitrogens is 1. The molecule has 1 aliphatic heterocycles. The van der Waals surface area contributed by atoms with Gasteiger partial charge in [0.15, 0.2) is 0 Å². The molecule has 2 aromatic carbocycles. The Bertz CT molecular complexity index is 1270. The minimum absolute atomic E-state index is 0.0699. The van der Waals surface area contributed by atoms with E-state index in [9.17, 15) is 0 Å². The summed E-state index contributed by atoms with van der Waals surface area (Å²) in [6.07, 6.45) is 2.20. The number of allylic oxidation sites excluding steroid dienone is 1. The van der Waals surface area contributed by atoms with Gasteiger partial charge in [-0.25, -0.2) is 4.98 Å². The van der Waals surface area contributed by atoms with Gasteiger partial charge in [-0.1, -0.05) is 88.3 Å². The Balaban J connectivity index is 1.55. The van der Waals surface area contributed by atoms with Gasteiger partial charge in [-0.05, 0) is 43.8 Å². The van der Waals surface area contributed by atoms with Crippen molar-refractivity contribution in [3.63, 3.8) is 0 Å². The molecule has 3 aromatic rings. The maximum absolute atomic E-state index is 6.73. The first-order valence-electron chi connectivity index (χ1n) is 13.3. The summed E-state index contributed by atoms with van der Waals surface area (Å²) in [4.78, 5) is 12.0. The van der Waals surface area contributed by atoms with Gasteiger partial charge in [-0.3, -0.25) is 0 Å². The second kappa shape index (κ2) is 11.3. The van der Waals surface area contributed by atoms with E-state index >= 15 is 0 Å². The molecule has 0 saturated carbocycles. The average molecular weight is 517 g/mol. The molecule has 1 saturated heterocycles. The lowest BCUT2D eigenvalue weighted by Gasteiger charge is -2.39. The second-order valence-electron chi connectivity index (χ2n) is 11.2. The van der Waals surface area contributed by atoms with Gasteiger partial charge < -0.3 is 14.7 Å². The van der Waals surface area contributed by atoms with Crippen molar-refractivity contribution in [1.29, 1.82) is 0 Å². The first-order chi connectivity index (χ1) is 17.6. The molecule has 5 heteroatoms. The Labute approximate surface area is 228 Å². The van der Waals surface area contributed by atoms with Crippen LogP contribution in [0.1, 0.15) is 44.7 Å². The lowest BCUT2D eigenvalue weighted by atomic mass is 9.83. The van der Waals surface area contributed by atoms with E-state index in [1.165, 1.54) is 11.3 Å². The molecule has 0 unspecified atom stereocenters. The number of pyridine rings is 1. The zero-order valence-corrected chi connectivity index (χ0v) is 23.9. The van der Waals surface area contributed by atoms with Gasteiger partial charge in [-0.15, -0.1) is 0 Å². The van der Waals surface area contributed by atoms with Crippen molar-refractivity contribution in [2.24, 2.45) is 0 Å². The minimum atomic E-state index is 0.0699. The predicted molar refractivity (Wildman–Crippen MR) is 160 cm³/mol. The van der Waals surface area contributed by atoms with Gasteiger partial charge in [0.1, 0.15) is 0 Å². The number of piperazine rings is 1. The molecule has 196 valence electrons. The van der Waals surface area contributed by atoms with Gasteiger partial charge in [0.25, 0.3) is 0 Å². The van der Waals surface area contributed by atoms with E-state index in [2.05, 4.69) is 105 Å². The lowest BCUT2D eigenvalue weighted by Crippen LogP contribution is -2.44. The molecule has 0 spiro atoms. The van der Waals surface area contributed by atoms with Crippen molar-refractivity contribution in [1.82, 2.24) is 19.7 Å². The van der Waals surface area contributed by atoms with Crippen molar-refractivity contribution in [3.8, 4) is 11.3 Å². The van der Waals surface area contributed by atoms with E-state index in [-0.39, 0.29) is 5.41 Å². The Morgan fingerprint density at radius 2 is 1.62 bits per heavy atom. The summed E-state index contributed by atoms with van der Waals surface area (Å²) in [7, 11) is 4.23. The summed E-state index contributed by atoms with van der Waals surface area (Å²) < 4.78 is 0. The summed E-state index contributed by atoms with van der Waals surface area (Å²) in [6, 6.07) is 17.0. The number of hydrogen-bond donors (Lipinski definition) is 0. The van der Waals surface area contributed by atoms with Crippen LogP contribution < -0.4 is 0 Å². The van der Waals surface area contributed by atoms with Crippen LogP contribution in [0.4, 0.5) is 0 Å². The molecule has 1 aromatic heterocycles. The largest absolute Gasteiger partial charge is 0.372 e. The summed E-state index contributed by atoms with van der Waals surface area (Å²) >= 11 is 6.73. The fraction of sp³-hybridized carbons (Fsp3) is 0.406. The van der Waals surface area contributed by atoms with Crippen LogP contribution in [0.3, 0.4) is 0 Å². The van der Waals surface area contributed by atoms with Crippen LogP contribution in [0.5, 0.6) is 0 Å². The molecule has 0 atom stereocenters. The molecule has 0 radical (unpaired) electrons. The highest BCUT2D eigenvalue weighted by Gasteiger charge is 2.22. The smallest absolute Gasteiger partial charge is 0.0731 e.